The summed E-state index contributed by atoms with van der Waals surface area (Å²) in [5, 5.41) is 9.02. The summed E-state index contributed by atoms with van der Waals surface area (Å²) < 4.78 is 5.35. The van der Waals surface area contributed by atoms with Gasteiger partial charge in [-0.25, -0.2) is 4.79 Å². The van der Waals surface area contributed by atoms with E-state index in [2.05, 4.69) is 43.8 Å². The van der Waals surface area contributed by atoms with Crippen molar-refractivity contribution in [3.63, 3.8) is 0 Å². The van der Waals surface area contributed by atoms with Crippen LogP contribution in [-0.4, -0.2) is 17.7 Å². The predicted octanol–water partition coefficient (Wildman–Crippen LogP) is 4.46. The van der Waals surface area contributed by atoms with Crippen LogP contribution in [0.3, 0.4) is 0 Å². The predicted molar refractivity (Wildman–Crippen MR) is 101 cm³/mol. The lowest BCUT2D eigenvalue weighted by Crippen LogP contribution is -2.06. The number of benzene rings is 2. The van der Waals surface area contributed by atoms with Crippen LogP contribution in [-0.2, 0) is 29.0 Å². The van der Waals surface area contributed by atoms with Gasteiger partial charge in [-0.2, -0.15) is 0 Å². The van der Waals surface area contributed by atoms with Gasteiger partial charge in [0.25, 0.3) is 0 Å². The first-order valence-electron chi connectivity index (χ1n) is 8.69. The van der Waals surface area contributed by atoms with Crippen LogP contribution in [0.4, 0.5) is 0 Å². The fourth-order valence-corrected chi connectivity index (χ4v) is 2.71. The number of hydrogen-bond acceptors (Lipinski definition) is 3. The van der Waals surface area contributed by atoms with Crippen LogP contribution >= 0.6 is 0 Å². The number of ether oxygens (including phenoxy) is 1. The molecule has 1 N–H and O–H groups in total. The number of rotatable bonds is 8. The lowest BCUT2D eigenvalue weighted by atomic mass is 9.96. The second-order valence-electron chi connectivity index (χ2n) is 6.26. The van der Waals surface area contributed by atoms with Crippen molar-refractivity contribution in [3.8, 4) is 11.1 Å². The summed E-state index contributed by atoms with van der Waals surface area (Å²) in [4.78, 5) is 11.7. The molecule has 0 heterocycles. The van der Waals surface area contributed by atoms with Crippen molar-refractivity contribution in [1.29, 1.82) is 0 Å². The Balaban J connectivity index is 2.25. The van der Waals surface area contributed by atoms with Gasteiger partial charge in [-0.15, -0.1) is 0 Å². The molecule has 0 aromatic heterocycles. The average molecular weight is 338 g/mol. The van der Waals surface area contributed by atoms with Crippen LogP contribution in [0.5, 0.6) is 0 Å². The maximum atomic E-state index is 11.7. The van der Waals surface area contributed by atoms with Crippen molar-refractivity contribution in [2.24, 2.45) is 0 Å². The average Bonchev–Trinajstić information content (AvgIpc) is 2.61. The molecule has 0 aliphatic heterocycles. The van der Waals surface area contributed by atoms with Crippen molar-refractivity contribution >= 4 is 5.97 Å². The Morgan fingerprint density at radius 1 is 1.04 bits per heavy atom. The normalized spacial score (nSPS) is 10.5. The minimum Gasteiger partial charge on any atom is -0.457 e. The zero-order valence-corrected chi connectivity index (χ0v) is 15.0. The summed E-state index contributed by atoms with van der Waals surface area (Å²) in [6, 6.07) is 14.5. The molecule has 0 fully saturated rings. The zero-order chi connectivity index (χ0) is 18.2. The molecule has 0 aliphatic rings. The van der Waals surface area contributed by atoms with Gasteiger partial charge in [-0.3, -0.25) is 0 Å². The highest BCUT2D eigenvalue weighted by atomic mass is 16.5. The van der Waals surface area contributed by atoms with E-state index >= 15 is 0 Å². The van der Waals surface area contributed by atoms with Crippen molar-refractivity contribution in [3.05, 3.63) is 71.3 Å². The Kier molecular flexibility index (Phi) is 6.96. The summed E-state index contributed by atoms with van der Waals surface area (Å²) in [5.74, 6) is -0.360. The van der Waals surface area contributed by atoms with Gasteiger partial charge in [0.05, 0.1) is 0 Å². The quantitative estimate of drug-likeness (QED) is 0.571. The Bertz CT molecular complexity index is 729. The van der Waals surface area contributed by atoms with Gasteiger partial charge in [0.2, 0.25) is 0 Å². The molecule has 3 nitrogen and oxygen atoms in total. The summed E-state index contributed by atoms with van der Waals surface area (Å²) in [7, 11) is 0. The maximum Gasteiger partial charge on any atom is 0.333 e. The minimum absolute atomic E-state index is 0.156. The first-order chi connectivity index (χ1) is 12.0. The Morgan fingerprint density at radius 3 is 2.32 bits per heavy atom. The first-order valence-corrected chi connectivity index (χ1v) is 8.69. The number of aryl methyl sites for hydroxylation is 1. The van der Waals surface area contributed by atoms with E-state index in [1.165, 1.54) is 5.56 Å². The van der Waals surface area contributed by atoms with Gasteiger partial charge >= 0.3 is 5.97 Å². The fourth-order valence-electron chi connectivity index (χ4n) is 2.71. The Morgan fingerprint density at radius 2 is 1.72 bits per heavy atom. The topological polar surface area (TPSA) is 46.5 Å². The van der Waals surface area contributed by atoms with E-state index in [-0.39, 0.29) is 19.2 Å². The Labute approximate surface area is 150 Å². The summed E-state index contributed by atoms with van der Waals surface area (Å²) in [6.45, 7) is 7.83. The van der Waals surface area contributed by atoms with Gasteiger partial charge in [-0.05, 0) is 53.6 Å². The van der Waals surface area contributed by atoms with E-state index in [4.69, 9.17) is 9.84 Å². The van der Waals surface area contributed by atoms with Crippen molar-refractivity contribution in [1.82, 2.24) is 0 Å². The largest absolute Gasteiger partial charge is 0.457 e. The van der Waals surface area contributed by atoms with Gasteiger partial charge < -0.3 is 9.84 Å². The molecular weight excluding hydrogens is 312 g/mol. The molecule has 0 spiro atoms. The molecule has 0 atom stereocenters. The highest BCUT2D eigenvalue weighted by Crippen LogP contribution is 2.25. The van der Waals surface area contributed by atoms with Crippen molar-refractivity contribution in [2.45, 2.75) is 39.7 Å². The van der Waals surface area contributed by atoms with Crippen LogP contribution in [0.2, 0.25) is 0 Å². The molecule has 2 aromatic carbocycles. The number of carbonyl (C=O) groups is 1. The van der Waals surface area contributed by atoms with Crippen LogP contribution in [0.1, 0.15) is 37.0 Å². The summed E-state index contributed by atoms with van der Waals surface area (Å²) >= 11 is 0. The van der Waals surface area contributed by atoms with E-state index in [0.29, 0.717) is 12.0 Å². The van der Waals surface area contributed by atoms with E-state index in [1.54, 1.807) is 6.92 Å². The van der Waals surface area contributed by atoms with Crippen LogP contribution < -0.4 is 0 Å². The molecule has 0 aliphatic carbocycles. The third-order valence-corrected chi connectivity index (χ3v) is 4.12. The van der Waals surface area contributed by atoms with E-state index in [9.17, 15) is 4.79 Å². The Hall–Kier alpha value is -2.39. The molecule has 2 aromatic rings. The molecular formula is C22H26O3. The third kappa shape index (κ3) is 5.30. The number of aliphatic hydroxyl groups is 1. The number of carbonyl (C=O) groups excluding carboxylic acids is 1. The number of aliphatic hydroxyl groups excluding tert-OH is 1. The SMILES string of the molecule is C=C(C)C(=O)OCc1cc(-c2ccc(CCO)cc2)ccc1CCC. The smallest absolute Gasteiger partial charge is 0.333 e. The fraction of sp³-hybridized carbons (Fsp3) is 0.318. The molecule has 132 valence electrons. The highest BCUT2D eigenvalue weighted by Gasteiger charge is 2.09. The van der Waals surface area contributed by atoms with Crippen molar-refractivity contribution in [2.75, 3.05) is 6.61 Å². The van der Waals surface area contributed by atoms with E-state index in [1.807, 2.05) is 12.1 Å². The monoisotopic (exact) mass is 338 g/mol. The van der Waals surface area contributed by atoms with Crippen LogP contribution in [0, 0.1) is 0 Å². The van der Waals surface area contributed by atoms with E-state index < -0.39 is 0 Å². The first kappa shape index (κ1) is 18.9. The summed E-state index contributed by atoms with van der Waals surface area (Å²) in [5.41, 5.74) is 5.97. The third-order valence-electron chi connectivity index (χ3n) is 4.12. The number of hydrogen-bond donors (Lipinski definition) is 1. The summed E-state index contributed by atoms with van der Waals surface area (Å²) in [6.07, 6.45) is 2.66. The molecule has 0 unspecified atom stereocenters. The lowest BCUT2D eigenvalue weighted by Gasteiger charge is -2.13. The lowest BCUT2D eigenvalue weighted by molar-refractivity contribution is -0.140. The number of esters is 1. The zero-order valence-electron chi connectivity index (χ0n) is 15.0. The standard InChI is InChI=1S/C22H26O3/c1-4-5-18-10-11-20(14-21(18)15-25-22(24)16(2)3)19-8-6-17(7-9-19)12-13-23/h6-11,14,23H,2,4-5,12-13,15H2,1,3H3. The van der Waals surface area contributed by atoms with Crippen LogP contribution in [0.25, 0.3) is 11.1 Å². The molecule has 2 rings (SSSR count). The maximum absolute atomic E-state index is 11.7. The van der Waals surface area contributed by atoms with Gasteiger partial charge in [0.15, 0.2) is 0 Å². The molecule has 0 radical (unpaired) electrons. The molecule has 0 amide bonds. The van der Waals surface area contributed by atoms with Crippen molar-refractivity contribution < 1.29 is 14.6 Å². The molecule has 0 saturated carbocycles. The molecule has 0 saturated heterocycles. The van der Waals surface area contributed by atoms with Gasteiger partial charge in [-0.1, -0.05) is 56.3 Å². The molecule has 3 heteroatoms. The molecule has 0 bridgehead atoms. The second kappa shape index (κ2) is 9.19. The minimum atomic E-state index is -0.360. The van der Waals surface area contributed by atoms with Crippen LogP contribution in [0.15, 0.2) is 54.6 Å². The van der Waals surface area contributed by atoms with Gasteiger partial charge in [0, 0.05) is 12.2 Å². The van der Waals surface area contributed by atoms with Gasteiger partial charge in [0.1, 0.15) is 6.61 Å². The highest BCUT2D eigenvalue weighted by molar-refractivity contribution is 5.86. The van der Waals surface area contributed by atoms with E-state index in [0.717, 1.165) is 35.1 Å². The second-order valence-corrected chi connectivity index (χ2v) is 6.26. The molecule has 25 heavy (non-hydrogen) atoms.